The van der Waals surface area contributed by atoms with Crippen LogP contribution in [0.3, 0.4) is 0 Å². The summed E-state index contributed by atoms with van der Waals surface area (Å²) in [6, 6.07) is 5.55. The first-order valence-electron chi connectivity index (χ1n) is 10.3. The quantitative estimate of drug-likeness (QED) is 0.376. The zero-order chi connectivity index (χ0) is 22.8. The van der Waals surface area contributed by atoms with E-state index in [1.54, 1.807) is 4.90 Å². The van der Waals surface area contributed by atoms with Gasteiger partial charge in [0.15, 0.2) is 0 Å². The monoisotopic (exact) mass is 438 g/mol. The van der Waals surface area contributed by atoms with E-state index in [0.29, 0.717) is 32.6 Å². The normalized spacial score (nSPS) is 15.8. The number of amides is 3. The van der Waals surface area contributed by atoms with Crippen LogP contribution in [0.2, 0.25) is 0 Å². The van der Waals surface area contributed by atoms with Gasteiger partial charge >= 0.3 is 0 Å². The number of aryl methyl sites for hydroxylation is 1. The third kappa shape index (κ3) is 4.13. The largest absolute Gasteiger partial charge is 0.353 e. The van der Waals surface area contributed by atoms with Crippen molar-refractivity contribution in [3.63, 3.8) is 0 Å². The maximum absolute atomic E-state index is 12.6. The summed E-state index contributed by atoms with van der Waals surface area (Å²) in [6.45, 7) is 4.46. The maximum atomic E-state index is 12.6. The molecule has 0 N–H and O–H groups in total. The van der Waals surface area contributed by atoms with Gasteiger partial charge < -0.3 is 9.80 Å². The van der Waals surface area contributed by atoms with Gasteiger partial charge in [0.05, 0.1) is 16.1 Å². The minimum atomic E-state index is -0.606. The van der Waals surface area contributed by atoms with Gasteiger partial charge in [0.1, 0.15) is 12.1 Å². The summed E-state index contributed by atoms with van der Waals surface area (Å²) in [5.41, 5.74) is 0.837. The summed E-state index contributed by atoms with van der Waals surface area (Å²) < 4.78 is 0. The predicted octanol–water partition coefficient (Wildman–Crippen LogP) is 1.42. The van der Waals surface area contributed by atoms with Crippen LogP contribution in [0, 0.1) is 17.0 Å². The Balaban J connectivity index is 1.28. The van der Waals surface area contributed by atoms with Gasteiger partial charge in [0.25, 0.3) is 17.5 Å². The number of benzene rings is 1. The van der Waals surface area contributed by atoms with Crippen molar-refractivity contribution < 1.29 is 19.3 Å². The fourth-order valence-corrected chi connectivity index (χ4v) is 3.94. The molecule has 0 aliphatic carbocycles. The summed E-state index contributed by atoms with van der Waals surface area (Å²) in [5.74, 6) is -0.234. The van der Waals surface area contributed by atoms with Crippen LogP contribution in [0.4, 0.5) is 11.5 Å². The van der Waals surface area contributed by atoms with E-state index in [-0.39, 0.29) is 35.7 Å². The van der Waals surface area contributed by atoms with Crippen molar-refractivity contribution >= 4 is 29.2 Å². The van der Waals surface area contributed by atoms with Crippen LogP contribution in [-0.4, -0.2) is 75.1 Å². The molecule has 2 aromatic rings. The van der Waals surface area contributed by atoms with E-state index >= 15 is 0 Å². The molecule has 0 unspecified atom stereocenters. The number of carbonyl (C=O) groups excluding carboxylic acids is 3. The highest BCUT2D eigenvalue weighted by Crippen LogP contribution is 2.27. The Labute approximate surface area is 183 Å². The Morgan fingerprint density at radius 1 is 1.06 bits per heavy atom. The van der Waals surface area contributed by atoms with Gasteiger partial charge in [0, 0.05) is 63.0 Å². The minimum absolute atomic E-state index is 0.0317. The van der Waals surface area contributed by atoms with Crippen molar-refractivity contribution in [1.82, 2.24) is 19.8 Å². The number of hydrogen-bond donors (Lipinski definition) is 0. The first kappa shape index (κ1) is 21.3. The van der Waals surface area contributed by atoms with Crippen molar-refractivity contribution in [3.05, 3.63) is 57.5 Å². The lowest BCUT2D eigenvalue weighted by molar-refractivity contribution is -0.384. The average molecular weight is 438 g/mol. The summed E-state index contributed by atoms with van der Waals surface area (Å²) in [4.78, 5) is 61.2. The molecule has 11 heteroatoms. The molecule has 1 aromatic heterocycles. The van der Waals surface area contributed by atoms with Gasteiger partial charge in [-0.2, -0.15) is 0 Å². The average Bonchev–Trinajstić information content (AvgIpc) is 3.03. The number of carbonyl (C=O) groups is 3. The third-order valence-electron chi connectivity index (χ3n) is 5.68. The van der Waals surface area contributed by atoms with Crippen LogP contribution < -0.4 is 4.90 Å². The summed E-state index contributed by atoms with van der Waals surface area (Å²) in [5, 5.41) is 10.9. The van der Waals surface area contributed by atoms with Gasteiger partial charge in [-0.15, -0.1) is 0 Å². The van der Waals surface area contributed by atoms with Gasteiger partial charge in [-0.1, -0.05) is 0 Å². The molecule has 3 heterocycles. The number of aromatic nitrogens is 2. The summed E-state index contributed by atoms with van der Waals surface area (Å²) >= 11 is 0. The lowest BCUT2D eigenvalue weighted by Crippen LogP contribution is -2.49. The number of hydrogen-bond acceptors (Lipinski definition) is 8. The van der Waals surface area contributed by atoms with Gasteiger partial charge in [-0.05, 0) is 19.4 Å². The Morgan fingerprint density at radius 3 is 2.47 bits per heavy atom. The maximum Gasteiger partial charge on any atom is 0.270 e. The van der Waals surface area contributed by atoms with E-state index < -0.39 is 16.7 Å². The van der Waals surface area contributed by atoms with Crippen LogP contribution in [0.25, 0.3) is 0 Å². The van der Waals surface area contributed by atoms with Crippen molar-refractivity contribution in [1.29, 1.82) is 0 Å². The van der Waals surface area contributed by atoms with Crippen molar-refractivity contribution in [2.75, 3.05) is 37.6 Å². The smallest absolute Gasteiger partial charge is 0.270 e. The number of non-ortho nitro benzene ring substituents is 1. The van der Waals surface area contributed by atoms with Crippen LogP contribution in [-0.2, 0) is 4.79 Å². The lowest BCUT2D eigenvalue weighted by atomic mass is 10.1. The number of fused-ring (bicyclic) bond motifs is 1. The van der Waals surface area contributed by atoms with E-state index in [9.17, 15) is 24.5 Å². The Bertz CT molecular complexity index is 1100. The Kier molecular flexibility index (Phi) is 5.80. The Morgan fingerprint density at radius 2 is 1.78 bits per heavy atom. The van der Waals surface area contributed by atoms with Gasteiger partial charge in [-0.25, -0.2) is 9.97 Å². The fraction of sp³-hybridized carbons (Fsp3) is 0.381. The number of nitro benzene ring substituents is 1. The molecule has 1 fully saturated rings. The minimum Gasteiger partial charge on any atom is -0.353 e. The molecule has 0 atom stereocenters. The number of nitro groups is 1. The molecule has 1 saturated heterocycles. The highest BCUT2D eigenvalue weighted by atomic mass is 16.6. The van der Waals surface area contributed by atoms with Crippen molar-refractivity contribution in [2.24, 2.45) is 0 Å². The number of imide groups is 1. The zero-order valence-electron chi connectivity index (χ0n) is 17.6. The number of rotatable bonds is 6. The van der Waals surface area contributed by atoms with Gasteiger partial charge in [-0.3, -0.25) is 29.4 Å². The first-order valence-corrected chi connectivity index (χ1v) is 10.3. The van der Waals surface area contributed by atoms with Crippen LogP contribution >= 0.6 is 0 Å². The fourth-order valence-electron chi connectivity index (χ4n) is 3.94. The lowest BCUT2D eigenvalue weighted by Gasteiger charge is -2.35. The van der Waals surface area contributed by atoms with Crippen LogP contribution in [0.5, 0.6) is 0 Å². The highest BCUT2D eigenvalue weighted by Gasteiger charge is 2.36. The van der Waals surface area contributed by atoms with Crippen LogP contribution in [0.15, 0.2) is 30.6 Å². The van der Waals surface area contributed by atoms with E-state index in [1.165, 1.54) is 18.5 Å². The molecule has 0 saturated carbocycles. The molecular formula is C21H22N6O5. The standard InChI is InChI=1S/C21H22N6O5/c1-14-11-18(23-13-22-14)24-7-9-25(10-8-24)19(28)3-2-6-26-20(29)16-5-4-15(27(31)32)12-17(16)21(26)30/h4-5,11-13H,2-3,6-10H2,1H3. The molecule has 0 radical (unpaired) electrons. The second kappa shape index (κ2) is 8.69. The topological polar surface area (TPSA) is 130 Å². The second-order valence-electron chi connectivity index (χ2n) is 7.74. The molecule has 32 heavy (non-hydrogen) atoms. The Hall–Kier alpha value is -3.89. The van der Waals surface area contributed by atoms with Gasteiger partial charge in [0.2, 0.25) is 5.91 Å². The van der Waals surface area contributed by atoms with E-state index in [4.69, 9.17) is 0 Å². The van der Waals surface area contributed by atoms with E-state index in [0.717, 1.165) is 22.5 Å². The number of piperazine rings is 1. The highest BCUT2D eigenvalue weighted by molar-refractivity contribution is 6.21. The SMILES string of the molecule is Cc1cc(N2CCN(C(=O)CCCN3C(=O)c4ccc([N+](=O)[O-])cc4C3=O)CC2)ncn1. The summed E-state index contributed by atoms with van der Waals surface area (Å²) in [7, 11) is 0. The molecule has 166 valence electrons. The molecule has 2 aliphatic rings. The molecule has 2 aliphatic heterocycles. The van der Waals surface area contributed by atoms with Crippen molar-refractivity contribution in [3.8, 4) is 0 Å². The second-order valence-corrected chi connectivity index (χ2v) is 7.74. The molecule has 1 aromatic carbocycles. The molecule has 11 nitrogen and oxygen atoms in total. The molecule has 4 rings (SSSR count). The van der Waals surface area contributed by atoms with Crippen LogP contribution in [0.1, 0.15) is 39.3 Å². The predicted molar refractivity (Wildman–Crippen MR) is 113 cm³/mol. The number of anilines is 1. The molecule has 0 bridgehead atoms. The number of nitrogens with zero attached hydrogens (tertiary/aromatic N) is 6. The summed E-state index contributed by atoms with van der Waals surface area (Å²) in [6.07, 6.45) is 2.07. The first-order chi connectivity index (χ1) is 15.3. The molecule has 0 spiro atoms. The van der Waals surface area contributed by atoms with Crippen molar-refractivity contribution in [2.45, 2.75) is 19.8 Å². The third-order valence-corrected chi connectivity index (χ3v) is 5.68. The molecular weight excluding hydrogens is 416 g/mol. The van der Waals surface area contributed by atoms with E-state index in [1.807, 2.05) is 13.0 Å². The molecule has 3 amide bonds. The van der Waals surface area contributed by atoms with E-state index in [2.05, 4.69) is 14.9 Å². The zero-order valence-corrected chi connectivity index (χ0v) is 17.6.